The van der Waals surface area contributed by atoms with Crippen LogP contribution < -0.4 is 0 Å². The van der Waals surface area contributed by atoms with Crippen LogP contribution in [0.5, 0.6) is 0 Å². The topological polar surface area (TPSA) is 0 Å². The smallest absolute Gasteiger partial charge is 0.0967 e. The summed E-state index contributed by atoms with van der Waals surface area (Å²) in [4.78, 5) is 0. The summed E-state index contributed by atoms with van der Waals surface area (Å²) in [6.45, 7) is 4.46. The molecule has 0 N–H and O–H groups in total. The van der Waals surface area contributed by atoms with Crippen LogP contribution in [-0.2, 0) is 0 Å². The lowest BCUT2D eigenvalue weighted by molar-refractivity contribution is 0.702. The highest BCUT2D eigenvalue weighted by molar-refractivity contribution is 6.40. The van der Waals surface area contributed by atoms with Gasteiger partial charge in [-0.3, -0.25) is 0 Å². The molecular weight excluding hydrogens is 238 g/mol. The molecule has 0 aliphatic heterocycles. The molecule has 0 nitrogen and oxygen atoms in total. The van der Waals surface area contributed by atoms with E-state index >= 15 is 0 Å². The summed E-state index contributed by atoms with van der Waals surface area (Å²) in [5, 5.41) is 0.389. The van der Waals surface area contributed by atoms with Gasteiger partial charge >= 0.3 is 0 Å². The number of alkyl halides is 4. The molecular formula is C8H18Cl4. The zero-order valence-electron chi connectivity index (χ0n) is 7.75. The van der Waals surface area contributed by atoms with Crippen LogP contribution >= 0.6 is 46.4 Å². The third kappa shape index (κ3) is 66.6. The second-order valence-corrected chi connectivity index (χ2v) is 3.53. The third-order valence-corrected chi connectivity index (χ3v) is 0.957. The summed E-state index contributed by atoms with van der Waals surface area (Å²) in [6, 6.07) is 0. The summed E-state index contributed by atoms with van der Waals surface area (Å²) in [5.74, 6) is 0. The molecule has 0 aliphatic carbocycles. The molecule has 4 heteroatoms. The van der Waals surface area contributed by atoms with Crippen molar-refractivity contribution in [3.8, 4) is 0 Å². The molecule has 0 saturated carbocycles. The third-order valence-electron chi connectivity index (χ3n) is 0.957. The average molecular weight is 256 g/mol. The van der Waals surface area contributed by atoms with Crippen LogP contribution in [0.1, 0.15) is 39.5 Å². The van der Waals surface area contributed by atoms with E-state index in [-0.39, 0.29) is 10.7 Å². The second-order valence-electron chi connectivity index (χ2n) is 1.91. The molecule has 0 spiro atoms. The van der Waals surface area contributed by atoms with E-state index in [1.807, 2.05) is 0 Å². The van der Waals surface area contributed by atoms with Crippen LogP contribution in [0.4, 0.5) is 0 Å². The Morgan fingerprint density at radius 3 is 0.917 bits per heavy atom. The number of hydrogen-bond donors (Lipinski definition) is 0. The van der Waals surface area contributed by atoms with E-state index in [0.717, 1.165) is 0 Å². The maximum absolute atomic E-state index is 4.76. The summed E-state index contributed by atoms with van der Waals surface area (Å²) < 4.78 is 0. The number of hydrogen-bond acceptors (Lipinski definition) is 0. The fraction of sp³-hybridized carbons (Fsp3) is 1.00. The second kappa shape index (κ2) is 29.5. The van der Waals surface area contributed by atoms with Crippen molar-refractivity contribution in [1.82, 2.24) is 0 Å². The van der Waals surface area contributed by atoms with Crippen molar-refractivity contribution in [3.05, 3.63) is 0 Å². The Morgan fingerprint density at radius 2 is 0.833 bits per heavy atom. The Balaban J connectivity index is -0.000000115. The molecule has 0 aliphatic rings. The highest BCUT2D eigenvalue weighted by Gasteiger charge is 1.75. The van der Waals surface area contributed by atoms with Gasteiger partial charge in [0.15, 0.2) is 0 Å². The zero-order chi connectivity index (χ0) is 10.2. The zero-order valence-corrected chi connectivity index (χ0v) is 10.8. The molecule has 0 bridgehead atoms. The summed E-state index contributed by atoms with van der Waals surface area (Å²) >= 11 is 19.1. The summed E-state index contributed by atoms with van der Waals surface area (Å²) in [7, 11) is 0. The minimum Gasteiger partial charge on any atom is -0.109 e. The quantitative estimate of drug-likeness (QED) is 0.466. The van der Waals surface area contributed by atoms with E-state index in [9.17, 15) is 0 Å². The highest BCUT2D eigenvalue weighted by atomic mass is 35.5. The lowest BCUT2D eigenvalue weighted by Crippen LogP contribution is -1.66. The fourth-order valence-corrected chi connectivity index (χ4v) is 0.500. The molecule has 0 heterocycles. The molecule has 0 fully saturated rings. The minimum atomic E-state index is 0.194. The van der Waals surface area contributed by atoms with Crippen LogP contribution in [0.15, 0.2) is 0 Å². The first kappa shape index (κ1) is 18.9. The van der Waals surface area contributed by atoms with Crippen molar-refractivity contribution >= 4 is 46.4 Å². The molecule has 0 aromatic heterocycles. The molecule has 0 atom stereocenters. The monoisotopic (exact) mass is 254 g/mol. The Hall–Kier alpha value is 1.16. The molecule has 0 unspecified atom stereocenters. The van der Waals surface area contributed by atoms with Crippen molar-refractivity contribution < 1.29 is 0 Å². The lowest BCUT2D eigenvalue weighted by Gasteiger charge is -1.86. The molecule has 78 valence electrons. The van der Waals surface area contributed by atoms with E-state index < -0.39 is 0 Å². The predicted molar refractivity (Wildman–Crippen MR) is 63.0 cm³/mol. The average Bonchev–Trinajstić information content (AvgIpc) is 2.04. The standard InChI is InChI=1S/C6H14.2CH2Cl2/c1-3-5-6-4-2;2*2-1-3/h3-6H2,1-2H3;2*1H2. The fourth-order valence-electron chi connectivity index (χ4n) is 0.500. The molecule has 0 rings (SSSR count). The minimum absolute atomic E-state index is 0.194. The molecule has 0 amide bonds. The number of halogens is 4. The number of rotatable bonds is 3. The number of unbranched alkanes of at least 4 members (excludes halogenated alkanes) is 3. The predicted octanol–water partition coefficient (Wildman–Crippen LogP) is 5.43. The van der Waals surface area contributed by atoms with Gasteiger partial charge in [-0.1, -0.05) is 39.5 Å². The van der Waals surface area contributed by atoms with Gasteiger partial charge in [0, 0.05) is 0 Å². The van der Waals surface area contributed by atoms with Gasteiger partial charge in [-0.2, -0.15) is 0 Å². The summed E-state index contributed by atoms with van der Waals surface area (Å²) in [6.07, 6.45) is 5.54. The van der Waals surface area contributed by atoms with Gasteiger partial charge < -0.3 is 0 Å². The van der Waals surface area contributed by atoms with Crippen molar-refractivity contribution in [1.29, 1.82) is 0 Å². The lowest BCUT2D eigenvalue weighted by atomic mass is 10.2. The Bertz CT molecular complexity index is 36.0. The van der Waals surface area contributed by atoms with Gasteiger partial charge in [-0.25, -0.2) is 0 Å². The van der Waals surface area contributed by atoms with Gasteiger partial charge in [0.2, 0.25) is 0 Å². The van der Waals surface area contributed by atoms with Crippen molar-refractivity contribution in [2.75, 3.05) is 10.7 Å². The molecule has 0 aromatic carbocycles. The van der Waals surface area contributed by atoms with E-state index in [0.29, 0.717) is 0 Å². The normalized spacial score (nSPS) is 7.50. The molecule has 0 aromatic rings. The molecule has 0 saturated heterocycles. The van der Waals surface area contributed by atoms with Crippen LogP contribution in [0.2, 0.25) is 0 Å². The first-order chi connectivity index (χ1) is 5.74. The van der Waals surface area contributed by atoms with Gasteiger partial charge in [0.25, 0.3) is 0 Å². The highest BCUT2D eigenvalue weighted by Crippen LogP contribution is 1.95. The van der Waals surface area contributed by atoms with E-state index in [4.69, 9.17) is 46.4 Å². The maximum atomic E-state index is 4.76. The molecule has 0 radical (unpaired) electrons. The van der Waals surface area contributed by atoms with Crippen molar-refractivity contribution in [3.63, 3.8) is 0 Å². The van der Waals surface area contributed by atoms with E-state index in [2.05, 4.69) is 13.8 Å². The Kier molecular flexibility index (Phi) is 46.4. The first-order valence-electron chi connectivity index (χ1n) is 3.98. The van der Waals surface area contributed by atoms with Crippen LogP contribution in [0, 0.1) is 0 Å². The van der Waals surface area contributed by atoms with Crippen LogP contribution in [0.25, 0.3) is 0 Å². The Labute approximate surface area is 96.5 Å². The van der Waals surface area contributed by atoms with Gasteiger partial charge in [-0.15, -0.1) is 46.4 Å². The van der Waals surface area contributed by atoms with Crippen LogP contribution in [0.3, 0.4) is 0 Å². The van der Waals surface area contributed by atoms with Gasteiger partial charge in [-0.05, 0) is 0 Å². The van der Waals surface area contributed by atoms with Crippen LogP contribution in [-0.4, -0.2) is 10.7 Å². The van der Waals surface area contributed by atoms with E-state index in [1.54, 1.807) is 0 Å². The maximum Gasteiger partial charge on any atom is 0.0967 e. The SMILES string of the molecule is CCCCCC.ClCCl.ClCCl. The Morgan fingerprint density at radius 1 is 0.667 bits per heavy atom. The largest absolute Gasteiger partial charge is 0.109 e. The van der Waals surface area contributed by atoms with Gasteiger partial charge in [0.05, 0.1) is 10.7 Å². The first-order valence-corrected chi connectivity index (χ1v) is 6.12. The van der Waals surface area contributed by atoms with Crippen molar-refractivity contribution in [2.45, 2.75) is 39.5 Å². The van der Waals surface area contributed by atoms with E-state index in [1.165, 1.54) is 25.7 Å². The summed E-state index contributed by atoms with van der Waals surface area (Å²) in [5.41, 5.74) is 0. The molecule has 12 heavy (non-hydrogen) atoms. The van der Waals surface area contributed by atoms with Crippen molar-refractivity contribution in [2.24, 2.45) is 0 Å². The van der Waals surface area contributed by atoms with Gasteiger partial charge in [0.1, 0.15) is 0 Å².